The van der Waals surface area contributed by atoms with Crippen molar-refractivity contribution in [3.8, 4) is 0 Å². The van der Waals surface area contributed by atoms with Gasteiger partial charge in [0.2, 0.25) is 0 Å². The van der Waals surface area contributed by atoms with Crippen LogP contribution in [0.4, 0.5) is 0 Å². The molecule has 0 aromatic rings. The van der Waals surface area contributed by atoms with E-state index in [9.17, 15) is 26.4 Å². The van der Waals surface area contributed by atoms with E-state index in [0.717, 1.165) is 0 Å². The molecule has 0 bridgehead atoms. The molecule has 0 aliphatic rings. The average Bonchev–Trinajstić information content (AvgIpc) is 2.51. The number of rotatable bonds is 10. The maximum atomic E-state index is 11.3. The lowest BCUT2D eigenvalue weighted by atomic mass is 9.91. The summed E-state index contributed by atoms with van der Waals surface area (Å²) in [5.74, 6) is -2.23. The fourth-order valence-electron chi connectivity index (χ4n) is 1.14. The van der Waals surface area contributed by atoms with E-state index in [2.05, 4.69) is 4.74 Å². The number of ether oxygens (including phenoxy) is 2. The maximum Gasteiger partial charge on any atom is 0.311 e. The highest BCUT2D eigenvalue weighted by molar-refractivity contribution is 7.86. The minimum Gasteiger partial charge on any atom is -0.464 e. The molecular weight excluding hydrogens is 404 g/mol. The SMILES string of the molecule is CCC(C)(C)C(=O)OCCS(=O)(=O)O.CCC(C)C(=O)OCCS(=O)(=O)O. The van der Waals surface area contributed by atoms with Crippen molar-refractivity contribution >= 4 is 32.2 Å². The highest BCUT2D eigenvalue weighted by atomic mass is 32.2. The third-order valence-electron chi connectivity index (χ3n) is 3.61. The van der Waals surface area contributed by atoms with Crippen LogP contribution in [0.3, 0.4) is 0 Å². The molecule has 0 aromatic heterocycles. The van der Waals surface area contributed by atoms with Crippen molar-refractivity contribution in [3.05, 3.63) is 0 Å². The van der Waals surface area contributed by atoms with E-state index >= 15 is 0 Å². The van der Waals surface area contributed by atoms with Crippen LogP contribution in [0.15, 0.2) is 0 Å². The molecule has 0 aliphatic carbocycles. The zero-order valence-electron chi connectivity index (χ0n) is 16.3. The Kier molecular flexibility index (Phi) is 12.7. The zero-order valence-corrected chi connectivity index (χ0v) is 17.9. The van der Waals surface area contributed by atoms with Gasteiger partial charge in [-0.25, -0.2) is 0 Å². The van der Waals surface area contributed by atoms with Gasteiger partial charge in [0.25, 0.3) is 20.2 Å². The number of esters is 2. The van der Waals surface area contributed by atoms with Crippen LogP contribution in [0.25, 0.3) is 0 Å². The Morgan fingerprint density at radius 2 is 1.33 bits per heavy atom. The molecule has 10 nitrogen and oxygen atoms in total. The molecule has 0 fully saturated rings. The second-order valence-electron chi connectivity index (χ2n) is 6.42. The Morgan fingerprint density at radius 3 is 1.67 bits per heavy atom. The third kappa shape index (κ3) is 16.6. The van der Waals surface area contributed by atoms with Gasteiger partial charge in [0.15, 0.2) is 0 Å². The van der Waals surface area contributed by atoms with Crippen LogP contribution in [0.2, 0.25) is 0 Å². The molecule has 0 saturated carbocycles. The molecule has 1 atom stereocenters. The van der Waals surface area contributed by atoms with E-state index < -0.39 is 49.1 Å². The lowest BCUT2D eigenvalue weighted by molar-refractivity contribution is -0.153. The van der Waals surface area contributed by atoms with Gasteiger partial charge in [-0.1, -0.05) is 20.8 Å². The first-order valence-electron chi connectivity index (χ1n) is 8.30. The van der Waals surface area contributed by atoms with Crippen molar-refractivity contribution < 1.29 is 45.0 Å². The van der Waals surface area contributed by atoms with Crippen LogP contribution in [0, 0.1) is 11.3 Å². The summed E-state index contributed by atoms with van der Waals surface area (Å²) in [5, 5.41) is 0. The Labute approximate surface area is 161 Å². The predicted molar refractivity (Wildman–Crippen MR) is 98.3 cm³/mol. The van der Waals surface area contributed by atoms with Crippen LogP contribution >= 0.6 is 0 Å². The minimum atomic E-state index is -4.05. The monoisotopic (exact) mass is 434 g/mol. The standard InChI is InChI=1S/C8H16O5S.C7H14O5S/c1-4-8(2,3)7(9)13-5-6-14(10,11)12;1-3-6(2)7(8)12-4-5-13(9,10)11/h4-6H2,1-3H3,(H,10,11,12);6H,3-5H2,1-2H3,(H,9,10,11). The van der Waals surface area contributed by atoms with Crippen molar-refractivity contribution in [2.75, 3.05) is 24.7 Å². The Balaban J connectivity index is 0. The number of hydrogen-bond acceptors (Lipinski definition) is 8. The Bertz CT molecular complexity index is 665. The fourth-order valence-corrected chi connectivity index (χ4v) is 1.72. The molecule has 27 heavy (non-hydrogen) atoms. The quantitative estimate of drug-likeness (QED) is 0.379. The van der Waals surface area contributed by atoms with E-state index in [1.807, 2.05) is 13.8 Å². The predicted octanol–water partition coefficient (Wildman–Crippen LogP) is 1.32. The molecule has 12 heteroatoms. The van der Waals surface area contributed by atoms with Gasteiger partial charge in [-0.05, 0) is 26.7 Å². The summed E-state index contributed by atoms with van der Waals surface area (Å²) in [7, 11) is -8.08. The molecule has 0 aromatic carbocycles. The molecule has 0 amide bonds. The topological polar surface area (TPSA) is 161 Å². The van der Waals surface area contributed by atoms with E-state index in [1.54, 1.807) is 20.8 Å². The first-order valence-corrected chi connectivity index (χ1v) is 11.5. The maximum absolute atomic E-state index is 11.3. The number of carbonyl (C=O) groups excluding carboxylic acids is 2. The van der Waals surface area contributed by atoms with Gasteiger partial charge in [0, 0.05) is 0 Å². The molecule has 0 heterocycles. The summed E-state index contributed by atoms with van der Waals surface area (Å²) in [6.45, 7) is 8.18. The highest BCUT2D eigenvalue weighted by Crippen LogP contribution is 2.21. The molecule has 0 rings (SSSR count). The van der Waals surface area contributed by atoms with Gasteiger partial charge in [0.1, 0.15) is 24.7 Å². The van der Waals surface area contributed by atoms with Crippen LogP contribution < -0.4 is 0 Å². The first kappa shape index (κ1) is 28.0. The van der Waals surface area contributed by atoms with Crippen LogP contribution in [-0.2, 0) is 39.3 Å². The summed E-state index contributed by atoms with van der Waals surface area (Å²) in [6, 6.07) is 0. The summed E-state index contributed by atoms with van der Waals surface area (Å²) in [5.41, 5.74) is -0.612. The molecule has 0 radical (unpaired) electrons. The van der Waals surface area contributed by atoms with E-state index in [-0.39, 0.29) is 19.1 Å². The van der Waals surface area contributed by atoms with Gasteiger partial charge >= 0.3 is 11.9 Å². The molecule has 0 spiro atoms. The van der Waals surface area contributed by atoms with Gasteiger partial charge in [-0.15, -0.1) is 0 Å². The molecule has 2 N–H and O–H groups in total. The normalized spacial score (nSPS) is 13.1. The largest absolute Gasteiger partial charge is 0.464 e. The van der Waals surface area contributed by atoms with Crippen molar-refractivity contribution in [1.82, 2.24) is 0 Å². The van der Waals surface area contributed by atoms with Crippen LogP contribution in [0.1, 0.15) is 47.5 Å². The lowest BCUT2D eigenvalue weighted by Crippen LogP contribution is -2.27. The van der Waals surface area contributed by atoms with Gasteiger partial charge < -0.3 is 9.47 Å². The zero-order chi connectivity index (χ0) is 21.9. The smallest absolute Gasteiger partial charge is 0.311 e. The first-order chi connectivity index (χ1) is 12.1. The van der Waals surface area contributed by atoms with Crippen molar-refractivity contribution in [2.24, 2.45) is 11.3 Å². The molecule has 162 valence electrons. The van der Waals surface area contributed by atoms with Gasteiger partial charge in [-0.3, -0.25) is 18.7 Å². The molecule has 1 unspecified atom stereocenters. The van der Waals surface area contributed by atoms with Crippen LogP contribution in [-0.4, -0.2) is 62.6 Å². The molecule has 0 saturated heterocycles. The summed E-state index contributed by atoms with van der Waals surface area (Å²) >= 11 is 0. The number of carbonyl (C=O) groups is 2. The van der Waals surface area contributed by atoms with E-state index in [0.29, 0.717) is 12.8 Å². The second kappa shape index (κ2) is 12.3. The minimum absolute atomic E-state index is 0.235. The molecule has 0 aliphatic heterocycles. The second-order valence-corrected chi connectivity index (χ2v) is 9.57. The average molecular weight is 435 g/mol. The lowest BCUT2D eigenvalue weighted by Gasteiger charge is -2.19. The van der Waals surface area contributed by atoms with Crippen LogP contribution in [0.5, 0.6) is 0 Å². The van der Waals surface area contributed by atoms with E-state index in [4.69, 9.17) is 13.8 Å². The van der Waals surface area contributed by atoms with Gasteiger partial charge in [-0.2, -0.15) is 16.8 Å². The summed E-state index contributed by atoms with van der Waals surface area (Å²) in [4.78, 5) is 22.2. The van der Waals surface area contributed by atoms with E-state index in [1.165, 1.54) is 0 Å². The Hall–Kier alpha value is -1.24. The highest BCUT2D eigenvalue weighted by Gasteiger charge is 2.27. The number of hydrogen-bond donors (Lipinski definition) is 2. The fraction of sp³-hybridized carbons (Fsp3) is 0.867. The summed E-state index contributed by atoms with van der Waals surface area (Å²) < 4.78 is 67.0. The van der Waals surface area contributed by atoms with Crippen molar-refractivity contribution in [2.45, 2.75) is 47.5 Å². The molecular formula is C15H30O10S2. The van der Waals surface area contributed by atoms with Crippen molar-refractivity contribution in [3.63, 3.8) is 0 Å². The van der Waals surface area contributed by atoms with Crippen molar-refractivity contribution in [1.29, 1.82) is 0 Å². The summed E-state index contributed by atoms with van der Waals surface area (Å²) in [6.07, 6.45) is 1.25. The van der Waals surface area contributed by atoms with Gasteiger partial charge in [0.05, 0.1) is 11.3 Å². The third-order valence-corrected chi connectivity index (χ3v) is 4.98. The Morgan fingerprint density at radius 1 is 0.926 bits per heavy atom.